The van der Waals surface area contributed by atoms with Crippen molar-refractivity contribution in [3.63, 3.8) is 0 Å². The molecule has 0 aliphatic carbocycles. The van der Waals surface area contributed by atoms with Gasteiger partial charge >= 0.3 is 0 Å². The minimum atomic E-state index is -3.10. The summed E-state index contributed by atoms with van der Waals surface area (Å²) in [6.07, 6.45) is 6.04. The monoisotopic (exact) mass is 472 g/mol. The van der Waals surface area contributed by atoms with Crippen molar-refractivity contribution >= 4 is 32.5 Å². The Balaban J connectivity index is 1.62. The Labute approximate surface area is 189 Å². The second-order valence-electron chi connectivity index (χ2n) is 7.23. The Morgan fingerprint density at radius 3 is 2.67 bits per heavy atom. The molecule has 0 spiro atoms. The Hall–Kier alpha value is -3.80. The van der Waals surface area contributed by atoms with Crippen LogP contribution in [0.3, 0.4) is 0 Å². The lowest BCUT2D eigenvalue weighted by Gasteiger charge is -2.12. The largest absolute Gasteiger partial charge is 0.497 e. The zero-order valence-electron chi connectivity index (χ0n) is 18.1. The van der Waals surface area contributed by atoms with Gasteiger partial charge in [-0.25, -0.2) is 22.8 Å². The van der Waals surface area contributed by atoms with E-state index in [2.05, 4.69) is 25.4 Å². The molecule has 0 unspecified atom stereocenters. The average molecular weight is 473 g/mol. The molecule has 0 aliphatic rings. The zero-order valence-corrected chi connectivity index (χ0v) is 18.9. The minimum absolute atomic E-state index is 0.0142. The number of benzene rings is 1. The number of sulfone groups is 1. The van der Waals surface area contributed by atoms with E-state index in [1.165, 1.54) is 37.3 Å². The standard InChI is InChI=1S/C21H21FN6O4S/c1-31-14-8-16(20(22)18(9-14)32-2)25-19-5-4-15-21(27-19)26-17(11-23-15)13-10-24-28(12-13)6-7-33(3,29)30/h4-5,8-12H,6-7H2,1-3H3,(H,25,26,27). The second-order valence-corrected chi connectivity index (χ2v) is 9.49. The van der Waals surface area contributed by atoms with Crippen LogP contribution in [-0.4, -0.2) is 59.4 Å². The van der Waals surface area contributed by atoms with Crippen molar-refractivity contribution in [2.75, 3.05) is 31.5 Å². The first kappa shape index (κ1) is 22.4. The quantitative estimate of drug-likeness (QED) is 0.412. The van der Waals surface area contributed by atoms with E-state index >= 15 is 0 Å². The van der Waals surface area contributed by atoms with Crippen LogP contribution in [0, 0.1) is 5.82 Å². The van der Waals surface area contributed by atoms with E-state index in [0.29, 0.717) is 34.0 Å². The Bertz CT molecular complexity index is 1420. The number of pyridine rings is 1. The molecule has 33 heavy (non-hydrogen) atoms. The molecule has 12 heteroatoms. The molecule has 3 heterocycles. The van der Waals surface area contributed by atoms with E-state index < -0.39 is 15.7 Å². The van der Waals surface area contributed by atoms with Gasteiger partial charge in [-0.15, -0.1) is 0 Å². The third-order valence-corrected chi connectivity index (χ3v) is 5.68. The molecule has 4 aromatic rings. The fraction of sp³-hybridized carbons (Fsp3) is 0.238. The first-order valence-corrected chi connectivity index (χ1v) is 11.8. The summed E-state index contributed by atoms with van der Waals surface area (Å²) in [5.41, 5.74) is 2.22. The third-order valence-electron chi connectivity index (χ3n) is 4.76. The van der Waals surface area contributed by atoms with Gasteiger partial charge < -0.3 is 14.8 Å². The lowest BCUT2D eigenvalue weighted by Crippen LogP contribution is -2.11. The maximum Gasteiger partial charge on any atom is 0.188 e. The summed E-state index contributed by atoms with van der Waals surface area (Å²) < 4.78 is 49.2. The van der Waals surface area contributed by atoms with Gasteiger partial charge in [-0.05, 0) is 12.1 Å². The molecule has 0 fully saturated rings. The van der Waals surface area contributed by atoms with Gasteiger partial charge in [0.05, 0.1) is 50.3 Å². The van der Waals surface area contributed by atoms with Gasteiger partial charge in [0.2, 0.25) is 0 Å². The maximum absolute atomic E-state index is 14.7. The number of nitrogens with one attached hydrogen (secondary N) is 1. The smallest absolute Gasteiger partial charge is 0.188 e. The maximum atomic E-state index is 14.7. The van der Waals surface area contributed by atoms with Crippen LogP contribution in [0.4, 0.5) is 15.9 Å². The van der Waals surface area contributed by atoms with Gasteiger partial charge in [0, 0.05) is 30.1 Å². The van der Waals surface area contributed by atoms with E-state index in [4.69, 9.17) is 9.47 Å². The molecule has 0 aliphatic heterocycles. The summed E-state index contributed by atoms with van der Waals surface area (Å²) in [6.45, 7) is 0.238. The van der Waals surface area contributed by atoms with Crippen LogP contribution < -0.4 is 14.8 Å². The predicted octanol–water partition coefficient (Wildman–Crippen LogP) is 2.83. The van der Waals surface area contributed by atoms with Crippen LogP contribution in [0.2, 0.25) is 0 Å². The SMILES string of the molecule is COc1cc(Nc2ccc3ncc(-c4cnn(CCS(C)(=O)=O)c4)nc3n2)c(F)c(OC)c1. The molecule has 0 bridgehead atoms. The van der Waals surface area contributed by atoms with Crippen molar-refractivity contribution in [2.45, 2.75) is 6.54 Å². The van der Waals surface area contributed by atoms with Gasteiger partial charge in [0.25, 0.3) is 0 Å². The summed E-state index contributed by atoms with van der Waals surface area (Å²) in [4.78, 5) is 13.3. The van der Waals surface area contributed by atoms with E-state index in [1.54, 1.807) is 30.7 Å². The first-order chi connectivity index (χ1) is 15.8. The molecule has 10 nitrogen and oxygen atoms in total. The number of fused-ring (bicyclic) bond motifs is 1. The number of ether oxygens (including phenoxy) is 2. The fourth-order valence-corrected chi connectivity index (χ4v) is 3.57. The molecule has 0 saturated carbocycles. The third kappa shape index (κ3) is 5.17. The van der Waals surface area contributed by atoms with Crippen molar-refractivity contribution in [3.05, 3.63) is 48.7 Å². The van der Waals surface area contributed by atoms with E-state index in [0.717, 1.165) is 0 Å². The molecule has 3 aromatic heterocycles. The molecular formula is C21H21FN6O4S. The molecule has 4 rings (SSSR count). The highest BCUT2D eigenvalue weighted by Gasteiger charge is 2.14. The minimum Gasteiger partial charge on any atom is -0.497 e. The van der Waals surface area contributed by atoms with Gasteiger partial charge in [0.1, 0.15) is 26.9 Å². The summed E-state index contributed by atoms with van der Waals surface area (Å²) in [5.74, 6) is 0.215. The molecule has 0 saturated heterocycles. The number of rotatable bonds is 8. The number of hydrogen-bond acceptors (Lipinski definition) is 9. The van der Waals surface area contributed by atoms with Crippen LogP contribution in [0.25, 0.3) is 22.4 Å². The van der Waals surface area contributed by atoms with Gasteiger partial charge in [0.15, 0.2) is 17.2 Å². The van der Waals surface area contributed by atoms with Crippen molar-refractivity contribution in [2.24, 2.45) is 0 Å². The van der Waals surface area contributed by atoms with Crippen LogP contribution >= 0.6 is 0 Å². The number of aromatic nitrogens is 5. The molecule has 172 valence electrons. The number of nitrogens with zero attached hydrogens (tertiary/aromatic N) is 5. The summed E-state index contributed by atoms with van der Waals surface area (Å²) in [6, 6.07) is 6.32. The lowest BCUT2D eigenvalue weighted by molar-refractivity contribution is 0.375. The molecule has 0 radical (unpaired) electrons. The Morgan fingerprint density at radius 1 is 1.12 bits per heavy atom. The molecular weight excluding hydrogens is 451 g/mol. The second kappa shape index (κ2) is 8.98. The fourth-order valence-electron chi connectivity index (χ4n) is 3.05. The number of aryl methyl sites for hydroxylation is 1. The van der Waals surface area contributed by atoms with Crippen molar-refractivity contribution in [3.8, 4) is 22.8 Å². The van der Waals surface area contributed by atoms with Crippen molar-refractivity contribution in [1.29, 1.82) is 0 Å². The van der Waals surface area contributed by atoms with Gasteiger partial charge in [-0.2, -0.15) is 5.10 Å². The highest BCUT2D eigenvalue weighted by atomic mass is 32.2. The Morgan fingerprint density at radius 2 is 1.94 bits per heavy atom. The summed E-state index contributed by atoms with van der Waals surface area (Å²) in [7, 11) is -0.249. The van der Waals surface area contributed by atoms with E-state index in [9.17, 15) is 12.8 Å². The van der Waals surface area contributed by atoms with E-state index in [1.807, 2.05) is 0 Å². The molecule has 0 amide bonds. The zero-order chi connectivity index (χ0) is 23.6. The topological polar surface area (TPSA) is 121 Å². The lowest BCUT2D eigenvalue weighted by atomic mass is 10.2. The summed E-state index contributed by atoms with van der Waals surface area (Å²) in [5, 5.41) is 7.10. The highest BCUT2D eigenvalue weighted by molar-refractivity contribution is 7.90. The van der Waals surface area contributed by atoms with Crippen molar-refractivity contribution in [1.82, 2.24) is 24.7 Å². The predicted molar refractivity (Wildman–Crippen MR) is 121 cm³/mol. The van der Waals surface area contributed by atoms with Gasteiger partial charge in [-0.3, -0.25) is 9.67 Å². The Kier molecular flexibility index (Phi) is 6.09. The van der Waals surface area contributed by atoms with Crippen LogP contribution in [0.1, 0.15) is 0 Å². The summed E-state index contributed by atoms with van der Waals surface area (Å²) >= 11 is 0. The number of halogens is 1. The highest BCUT2D eigenvalue weighted by Crippen LogP contribution is 2.32. The van der Waals surface area contributed by atoms with Crippen LogP contribution in [0.5, 0.6) is 11.5 Å². The van der Waals surface area contributed by atoms with Crippen molar-refractivity contribution < 1.29 is 22.3 Å². The van der Waals surface area contributed by atoms with Crippen LogP contribution in [0.15, 0.2) is 42.9 Å². The normalized spacial score (nSPS) is 11.5. The number of anilines is 2. The number of hydrogen-bond donors (Lipinski definition) is 1. The first-order valence-electron chi connectivity index (χ1n) is 9.78. The molecule has 1 aromatic carbocycles. The van der Waals surface area contributed by atoms with Gasteiger partial charge in [-0.1, -0.05) is 0 Å². The number of methoxy groups -OCH3 is 2. The van der Waals surface area contributed by atoms with E-state index in [-0.39, 0.29) is 23.7 Å². The average Bonchev–Trinajstić information content (AvgIpc) is 3.27. The van der Waals surface area contributed by atoms with Crippen LogP contribution in [-0.2, 0) is 16.4 Å². The molecule has 1 N–H and O–H groups in total. The molecule has 0 atom stereocenters.